The lowest BCUT2D eigenvalue weighted by atomic mass is 9.91. The molecule has 33 heavy (non-hydrogen) atoms. The summed E-state index contributed by atoms with van der Waals surface area (Å²) in [6.07, 6.45) is 0.716. The van der Waals surface area contributed by atoms with Crippen molar-refractivity contribution in [2.45, 2.75) is 5.60 Å². The average Bonchev–Trinajstić information content (AvgIpc) is 3.51. The van der Waals surface area contributed by atoms with Crippen LogP contribution >= 0.6 is 15.9 Å². The van der Waals surface area contributed by atoms with Crippen LogP contribution in [0.25, 0.3) is 22.7 Å². The van der Waals surface area contributed by atoms with Crippen LogP contribution in [0.3, 0.4) is 0 Å². The Labute approximate surface area is 198 Å². The van der Waals surface area contributed by atoms with E-state index in [2.05, 4.69) is 31.3 Å². The maximum Gasteiger partial charge on any atom is 0.205 e. The van der Waals surface area contributed by atoms with Crippen LogP contribution in [0.15, 0.2) is 57.4 Å². The molecular weight excluding hydrogens is 492 g/mol. The van der Waals surface area contributed by atoms with Gasteiger partial charge in [-0.2, -0.15) is 4.80 Å². The zero-order valence-corrected chi connectivity index (χ0v) is 20.0. The van der Waals surface area contributed by atoms with Gasteiger partial charge in [-0.25, -0.2) is 0 Å². The first kappa shape index (κ1) is 22.7. The van der Waals surface area contributed by atoms with Gasteiger partial charge >= 0.3 is 0 Å². The Bertz CT molecular complexity index is 1260. The van der Waals surface area contributed by atoms with E-state index in [1.165, 1.54) is 11.9 Å². The summed E-state index contributed by atoms with van der Waals surface area (Å²) >= 11 is 3.46. The van der Waals surface area contributed by atoms with E-state index in [1.807, 2.05) is 12.1 Å². The van der Waals surface area contributed by atoms with Gasteiger partial charge in [0.25, 0.3) is 0 Å². The third-order valence-corrected chi connectivity index (χ3v) is 6.05. The fourth-order valence-electron chi connectivity index (χ4n) is 3.51. The molecule has 0 radical (unpaired) electrons. The van der Waals surface area contributed by atoms with Gasteiger partial charge in [-0.05, 0) is 51.0 Å². The molecule has 0 spiro atoms. The smallest absolute Gasteiger partial charge is 0.205 e. The highest BCUT2D eigenvalue weighted by atomic mass is 79.9. The molecule has 0 saturated carbocycles. The number of nitrogens with zero attached hydrogens (tertiary/aromatic N) is 4. The van der Waals surface area contributed by atoms with Crippen LogP contribution in [0.1, 0.15) is 11.3 Å². The summed E-state index contributed by atoms with van der Waals surface area (Å²) in [4.78, 5) is 13.7. The molecule has 0 fully saturated rings. The number of benzene rings is 2. The number of carbonyl (C=O) groups is 1. The molecule has 0 bridgehead atoms. The van der Waals surface area contributed by atoms with E-state index in [9.17, 15) is 4.79 Å². The summed E-state index contributed by atoms with van der Waals surface area (Å²) in [7, 11) is 6.29. The van der Waals surface area contributed by atoms with E-state index in [-0.39, 0.29) is 0 Å². The van der Waals surface area contributed by atoms with Crippen molar-refractivity contribution in [1.82, 2.24) is 20.2 Å². The Morgan fingerprint density at radius 1 is 1.00 bits per heavy atom. The highest BCUT2D eigenvalue weighted by Crippen LogP contribution is 2.41. The number of aromatic nitrogens is 4. The van der Waals surface area contributed by atoms with Gasteiger partial charge in [0.15, 0.2) is 6.29 Å². The zero-order chi connectivity index (χ0) is 23.6. The van der Waals surface area contributed by atoms with E-state index in [0.29, 0.717) is 45.2 Å². The van der Waals surface area contributed by atoms with Crippen LogP contribution in [0.4, 0.5) is 0 Å². The van der Waals surface area contributed by atoms with E-state index in [4.69, 9.17) is 18.6 Å². The first-order valence-electron chi connectivity index (χ1n) is 9.84. The predicted octanol–water partition coefficient (Wildman–Crippen LogP) is 4.01. The van der Waals surface area contributed by atoms with Crippen molar-refractivity contribution in [3.05, 3.63) is 64.3 Å². The van der Waals surface area contributed by atoms with Crippen LogP contribution in [-0.2, 0) is 22.2 Å². The Morgan fingerprint density at radius 2 is 1.67 bits per heavy atom. The summed E-state index contributed by atoms with van der Waals surface area (Å²) < 4.78 is 23.3. The third-order valence-electron chi connectivity index (χ3n) is 5.27. The van der Waals surface area contributed by atoms with E-state index >= 15 is 0 Å². The van der Waals surface area contributed by atoms with Crippen molar-refractivity contribution >= 4 is 22.2 Å². The second-order valence-corrected chi connectivity index (χ2v) is 7.89. The van der Waals surface area contributed by atoms with Gasteiger partial charge in [-0.15, -0.1) is 10.2 Å². The molecule has 2 aromatic heterocycles. The number of carbonyl (C=O) groups excluding carboxylic acids is 1. The largest absolute Gasteiger partial charge is 0.495 e. The molecule has 2 aromatic carbocycles. The topological polar surface area (TPSA) is 102 Å². The average molecular weight is 513 g/mol. The van der Waals surface area contributed by atoms with E-state index in [1.54, 1.807) is 57.7 Å². The van der Waals surface area contributed by atoms with Crippen molar-refractivity contribution in [2.24, 2.45) is 7.05 Å². The lowest BCUT2D eigenvalue weighted by Crippen LogP contribution is -2.31. The van der Waals surface area contributed by atoms with Gasteiger partial charge in [0, 0.05) is 18.2 Å². The SMILES string of the molecule is COc1cc(-c2ccc(C(C=O)(OC)c3ccc(-c4nnn(C)n4)cc3)o2)cc(OC)c1Br. The van der Waals surface area contributed by atoms with Crippen molar-refractivity contribution < 1.29 is 23.4 Å². The minimum absolute atomic E-state index is 0.334. The molecule has 0 aliphatic rings. The molecule has 170 valence electrons. The van der Waals surface area contributed by atoms with Gasteiger partial charge in [-0.3, -0.25) is 4.79 Å². The molecule has 0 amide bonds. The number of methoxy groups -OCH3 is 3. The number of rotatable bonds is 8. The Kier molecular flexibility index (Phi) is 6.30. The summed E-state index contributed by atoms with van der Waals surface area (Å²) in [5, 5.41) is 12.0. The fraction of sp³-hybridized carbons (Fsp3) is 0.217. The van der Waals surface area contributed by atoms with Crippen molar-refractivity contribution in [3.63, 3.8) is 0 Å². The number of tetrazole rings is 1. The van der Waals surface area contributed by atoms with Gasteiger partial charge < -0.3 is 18.6 Å². The number of aldehydes is 1. The lowest BCUT2D eigenvalue weighted by Gasteiger charge is -2.25. The van der Waals surface area contributed by atoms with Crippen LogP contribution in [0.2, 0.25) is 0 Å². The normalized spacial score (nSPS) is 12.9. The summed E-state index contributed by atoms with van der Waals surface area (Å²) in [6, 6.07) is 14.3. The first-order valence-corrected chi connectivity index (χ1v) is 10.6. The molecule has 2 heterocycles. The molecule has 4 aromatic rings. The summed E-state index contributed by atoms with van der Waals surface area (Å²) in [5.74, 6) is 2.52. The second kappa shape index (κ2) is 9.16. The minimum atomic E-state index is -1.43. The Balaban J connectivity index is 1.73. The van der Waals surface area contributed by atoms with Crippen molar-refractivity contribution in [1.29, 1.82) is 0 Å². The molecule has 10 heteroatoms. The standard InChI is InChI=1S/C23H21BrN4O5/c1-28-26-22(25-27-28)14-5-7-16(8-6-14)23(13-29,32-4)20-10-9-17(33-20)15-11-18(30-2)21(24)19(12-15)31-3/h5-13H,1-4H3. The summed E-state index contributed by atoms with van der Waals surface area (Å²) in [6.45, 7) is 0. The number of halogens is 1. The van der Waals surface area contributed by atoms with Crippen LogP contribution < -0.4 is 9.47 Å². The number of aryl methyl sites for hydroxylation is 1. The number of hydrogen-bond donors (Lipinski definition) is 0. The Hall–Kier alpha value is -3.50. The predicted molar refractivity (Wildman–Crippen MR) is 123 cm³/mol. The molecule has 1 atom stereocenters. The fourth-order valence-corrected chi connectivity index (χ4v) is 4.06. The molecule has 0 aliphatic carbocycles. The van der Waals surface area contributed by atoms with Gasteiger partial charge in [0.05, 0.1) is 21.3 Å². The number of hydrogen-bond acceptors (Lipinski definition) is 8. The van der Waals surface area contributed by atoms with Crippen LogP contribution in [-0.4, -0.2) is 47.8 Å². The Morgan fingerprint density at radius 3 is 2.18 bits per heavy atom. The zero-order valence-electron chi connectivity index (χ0n) is 18.4. The molecule has 1 unspecified atom stereocenters. The van der Waals surface area contributed by atoms with Gasteiger partial charge in [0.1, 0.15) is 27.5 Å². The molecule has 4 rings (SSSR count). The number of ether oxygens (including phenoxy) is 3. The van der Waals surface area contributed by atoms with Gasteiger partial charge in [0.2, 0.25) is 11.4 Å². The molecular formula is C23H21BrN4O5. The monoisotopic (exact) mass is 512 g/mol. The third kappa shape index (κ3) is 4.03. The highest BCUT2D eigenvalue weighted by Gasteiger charge is 2.38. The number of furan rings is 1. The minimum Gasteiger partial charge on any atom is -0.495 e. The van der Waals surface area contributed by atoms with Crippen LogP contribution in [0, 0.1) is 0 Å². The summed E-state index contributed by atoms with van der Waals surface area (Å²) in [5.41, 5.74) is 0.644. The molecule has 0 aliphatic heterocycles. The molecule has 0 N–H and O–H groups in total. The molecule has 0 saturated heterocycles. The van der Waals surface area contributed by atoms with Gasteiger partial charge in [-0.1, -0.05) is 24.3 Å². The lowest BCUT2D eigenvalue weighted by molar-refractivity contribution is -0.125. The first-order chi connectivity index (χ1) is 15.9. The molecule has 9 nitrogen and oxygen atoms in total. The van der Waals surface area contributed by atoms with Crippen molar-refractivity contribution in [2.75, 3.05) is 21.3 Å². The highest BCUT2D eigenvalue weighted by molar-refractivity contribution is 9.10. The van der Waals surface area contributed by atoms with E-state index < -0.39 is 5.60 Å². The van der Waals surface area contributed by atoms with E-state index in [0.717, 1.165) is 11.1 Å². The maximum atomic E-state index is 12.3. The second-order valence-electron chi connectivity index (χ2n) is 7.10. The maximum absolute atomic E-state index is 12.3. The van der Waals surface area contributed by atoms with Crippen molar-refractivity contribution in [3.8, 4) is 34.2 Å². The quantitative estimate of drug-likeness (QED) is 0.326. The van der Waals surface area contributed by atoms with Crippen LogP contribution in [0.5, 0.6) is 11.5 Å².